The Labute approximate surface area is 162 Å². The van der Waals surface area contributed by atoms with Gasteiger partial charge in [0.2, 0.25) is 5.91 Å². The molecule has 0 aliphatic carbocycles. The van der Waals surface area contributed by atoms with E-state index < -0.39 is 33.9 Å². The van der Waals surface area contributed by atoms with Crippen LogP contribution in [0.4, 0.5) is 5.69 Å². The molecule has 1 fully saturated rings. The van der Waals surface area contributed by atoms with E-state index in [2.05, 4.69) is 10.4 Å². The van der Waals surface area contributed by atoms with E-state index in [1.165, 1.54) is 6.92 Å². The summed E-state index contributed by atoms with van der Waals surface area (Å²) < 4.78 is 28.5. The van der Waals surface area contributed by atoms with Crippen molar-refractivity contribution in [2.24, 2.45) is 5.10 Å². The molecule has 2 aliphatic rings. The van der Waals surface area contributed by atoms with Crippen LogP contribution in [-0.4, -0.2) is 60.6 Å². The zero-order valence-electron chi connectivity index (χ0n) is 15.3. The number of hydrazone groups is 1. The minimum atomic E-state index is -3.20. The third-order valence-corrected chi connectivity index (χ3v) is 6.29. The van der Waals surface area contributed by atoms with Crippen LogP contribution in [0.3, 0.4) is 0 Å². The molecule has 0 spiro atoms. The number of carbonyl (C=O) groups excluding carboxylic acids is 3. The monoisotopic (exact) mass is 407 g/mol. The molecule has 0 radical (unpaired) electrons. The van der Waals surface area contributed by atoms with E-state index in [-0.39, 0.29) is 42.4 Å². The molecule has 0 unspecified atom stereocenters. The van der Waals surface area contributed by atoms with Crippen molar-refractivity contribution in [1.29, 1.82) is 0 Å². The number of nitrogens with zero attached hydrogens (tertiary/aromatic N) is 2. The highest BCUT2D eigenvalue weighted by atomic mass is 32.2. The second-order valence-corrected chi connectivity index (χ2v) is 8.97. The molecule has 2 amide bonds. The van der Waals surface area contributed by atoms with Gasteiger partial charge in [0.15, 0.2) is 15.9 Å². The Kier molecular flexibility index (Phi) is 5.78. The Morgan fingerprint density at radius 3 is 2.61 bits per heavy atom. The summed E-state index contributed by atoms with van der Waals surface area (Å²) in [6, 6.07) is 8.17. The van der Waals surface area contributed by atoms with Gasteiger partial charge in [-0.3, -0.25) is 9.59 Å². The lowest BCUT2D eigenvalue weighted by molar-refractivity contribution is -0.147. The number of para-hydroxylation sites is 1. The molecular weight excluding hydrogens is 386 g/mol. The van der Waals surface area contributed by atoms with Crippen molar-refractivity contribution in [3.63, 3.8) is 0 Å². The summed E-state index contributed by atoms with van der Waals surface area (Å²) in [5, 5.41) is 7.75. The first kappa shape index (κ1) is 20.0. The zero-order valence-corrected chi connectivity index (χ0v) is 16.1. The summed E-state index contributed by atoms with van der Waals surface area (Å²) in [6.45, 7) is 1.44. The first-order valence-corrected chi connectivity index (χ1v) is 10.7. The maximum atomic E-state index is 12.4. The standard InChI is InChI=1S/C18H21N3O6S/c1-12(17(23)19-13-5-3-2-4-6-13)27-18(24)15-7-8-16(22)21(20-15)14-9-10-28(25,26)11-14/h2-6,12,14H,7-11H2,1H3,(H,19,23)/t12-,14+/m0/s1. The number of carbonyl (C=O) groups is 3. The number of rotatable bonds is 5. The van der Waals surface area contributed by atoms with Gasteiger partial charge in [0.05, 0.1) is 17.5 Å². The average molecular weight is 407 g/mol. The molecule has 1 aromatic carbocycles. The average Bonchev–Trinajstić information content (AvgIpc) is 3.02. The molecule has 2 atom stereocenters. The van der Waals surface area contributed by atoms with Crippen LogP contribution in [0.5, 0.6) is 0 Å². The van der Waals surface area contributed by atoms with Crippen molar-refractivity contribution >= 4 is 39.0 Å². The Balaban J connectivity index is 1.63. The van der Waals surface area contributed by atoms with Gasteiger partial charge >= 0.3 is 5.97 Å². The Morgan fingerprint density at radius 1 is 1.25 bits per heavy atom. The fourth-order valence-electron chi connectivity index (χ4n) is 3.02. The number of anilines is 1. The number of hydrogen-bond donors (Lipinski definition) is 1. The number of benzene rings is 1. The Bertz CT molecular complexity index is 913. The number of esters is 1. The fraction of sp³-hybridized carbons (Fsp3) is 0.444. The molecule has 150 valence electrons. The highest BCUT2D eigenvalue weighted by Crippen LogP contribution is 2.22. The molecule has 1 aromatic rings. The van der Waals surface area contributed by atoms with Crippen LogP contribution < -0.4 is 5.32 Å². The number of ether oxygens (including phenoxy) is 1. The maximum absolute atomic E-state index is 12.4. The van der Waals surface area contributed by atoms with E-state index >= 15 is 0 Å². The third kappa shape index (κ3) is 4.75. The van der Waals surface area contributed by atoms with Gasteiger partial charge in [-0.1, -0.05) is 18.2 Å². The molecule has 10 heteroatoms. The highest BCUT2D eigenvalue weighted by Gasteiger charge is 2.37. The van der Waals surface area contributed by atoms with Crippen molar-refractivity contribution in [2.75, 3.05) is 16.8 Å². The first-order chi connectivity index (χ1) is 13.2. The van der Waals surface area contributed by atoms with E-state index in [0.29, 0.717) is 5.69 Å². The largest absolute Gasteiger partial charge is 0.448 e. The quantitative estimate of drug-likeness (QED) is 0.718. The van der Waals surface area contributed by atoms with Crippen molar-refractivity contribution in [3.8, 4) is 0 Å². The van der Waals surface area contributed by atoms with Crippen LogP contribution in [0.1, 0.15) is 26.2 Å². The van der Waals surface area contributed by atoms with E-state index in [0.717, 1.165) is 5.01 Å². The zero-order chi connectivity index (χ0) is 20.3. The van der Waals surface area contributed by atoms with Gasteiger partial charge in [0, 0.05) is 18.5 Å². The van der Waals surface area contributed by atoms with E-state index in [4.69, 9.17) is 4.74 Å². The van der Waals surface area contributed by atoms with Crippen molar-refractivity contribution in [1.82, 2.24) is 5.01 Å². The summed E-state index contributed by atoms with van der Waals surface area (Å²) in [7, 11) is -3.20. The molecule has 0 saturated carbocycles. The van der Waals surface area contributed by atoms with Gasteiger partial charge < -0.3 is 10.1 Å². The van der Waals surface area contributed by atoms with Crippen LogP contribution in [-0.2, 0) is 29.0 Å². The van der Waals surface area contributed by atoms with Gasteiger partial charge in [0.1, 0.15) is 5.71 Å². The molecule has 2 heterocycles. The molecule has 0 bridgehead atoms. The lowest BCUT2D eigenvalue weighted by Crippen LogP contribution is -2.42. The van der Waals surface area contributed by atoms with E-state index in [1.54, 1.807) is 24.3 Å². The highest BCUT2D eigenvalue weighted by molar-refractivity contribution is 7.91. The van der Waals surface area contributed by atoms with Gasteiger partial charge in [-0.15, -0.1) is 0 Å². The summed E-state index contributed by atoms with van der Waals surface area (Å²) in [5.74, 6) is -1.79. The number of sulfone groups is 1. The minimum Gasteiger partial charge on any atom is -0.448 e. The number of amides is 2. The SMILES string of the molecule is C[C@H](OC(=O)C1=NN([C@@H]2CCS(=O)(=O)C2)C(=O)CC1)C(=O)Nc1ccccc1. The van der Waals surface area contributed by atoms with Crippen molar-refractivity contribution in [3.05, 3.63) is 30.3 Å². The lowest BCUT2D eigenvalue weighted by atomic mass is 10.1. The molecule has 1 N–H and O–H groups in total. The van der Waals surface area contributed by atoms with Crippen LogP contribution in [0, 0.1) is 0 Å². The van der Waals surface area contributed by atoms with Crippen LogP contribution >= 0.6 is 0 Å². The summed E-state index contributed by atoms with van der Waals surface area (Å²) in [6.07, 6.45) is -0.653. The van der Waals surface area contributed by atoms with E-state index in [9.17, 15) is 22.8 Å². The predicted octanol–water partition coefficient (Wildman–Crippen LogP) is 0.722. The van der Waals surface area contributed by atoms with Gasteiger partial charge in [-0.25, -0.2) is 18.2 Å². The lowest BCUT2D eigenvalue weighted by Gasteiger charge is -2.27. The van der Waals surface area contributed by atoms with Crippen LogP contribution in [0.25, 0.3) is 0 Å². The fourth-order valence-corrected chi connectivity index (χ4v) is 4.71. The summed E-state index contributed by atoms with van der Waals surface area (Å²) >= 11 is 0. The van der Waals surface area contributed by atoms with E-state index in [1.807, 2.05) is 6.07 Å². The van der Waals surface area contributed by atoms with Gasteiger partial charge in [-0.05, 0) is 25.5 Å². The summed E-state index contributed by atoms with van der Waals surface area (Å²) in [4.78, 5) is 36.6. The van der Waals surface area contributed by atoms with Crippen LogP contribution in [0.2, 0.25) is 0 Å². The molecule has 0 aromatic heterocycles. The molecule has 28 heavy (non-hydrogen) atoms. The van der Waals surface area contributed by atoms with Crippen molar-refractivity contribution < 1.29 is 27.5 Å². The Morgan fingerprint density at radius 2 is 1.96 bits per heavy atom. The molecule has 1 saturated heterocycles. The topological polar surface area (TPSA) is 122 Å². The normalized spacial score (nSPS) is 22.3. The number of hydrogen-bond acceptors (Lipinski definition) is 7. The third-order valence-electron chi connectivity index (χ3n) is 4.54. The van der Waals surface area contributed by atoms with Crippen LogP contribution in [0.15, 0.2) is 35.4 Å². The molecule has 9 nitrogen and oxygen atoms in total. The smallest absolute Gasteiger partial charge is 0.355 e. The molecular formula is C18H21N3O6S. The summed E-state index contributed by atoms with van der Waals surface area (Å²) in [5.41, 5.74) is 0.577. The second kappa shape index (κ2) is 8.09. The van der Waals surface area contributed by atoms with Gasteiger partial charge in [-0.2, -0.15) is 5.10 Å². The van der Waals surface area contributed by atoms with Gasteiger partial charge in [0.25, 0.3) is 5.91 Å². The maximum Gasteiger partial charge on any atom is 0.355 e. The van der Waals surface area contributed by atoms with Crippen molar-refractivity contribution in [2.45, 2.75) is 38.3 Å². The predicted molar refractivity (Wildman–Crippen MR) is 101 cm³/mol. The Hall–Kier alpha value is -2.75. The number of nitrogens with one attached hydrogen (secondary N) is 1. The molecule has 2 aliphatic heterocycles. The molecule has 3 rings (SSSR count). The first-order valence-electron chi connectivity index (χ1n) is 8.92. The minimum absolute atomic E-state index is 0.00302. The second-order valence-electron chi connectivity index (χ2n) is 6.74.